The first-order valence-corrected chi connectivity index (χ1v) is 12.8. The Morgan fingerprint density at radius 1 is 0.784 bits per heavy atom. The first-order valence-electron chi connectivity index (χ1n) is 12.8. The van der Waals surface area contributed by atoms with Gasteiger partial charge >= 0.3 is 0 Å². The molecule has 1 unspecified atom stereocenters. The van der Waals surface area contributed by atoms with Crippen LogP contribution >= 0.6 is 0 Å². The van der Waals surface area contributed by atoms with Gasteiger partial charge in [-0.1, -0.05) is 103 Å². The second-order valence-corrected chi connectivity index (χ2v) is 10.1. The van der Waals surface area contributed by atoms with Gasteiger partial charge in [0.1, 0.15) is 5.82 Å². The summed E-state index contributed by atoms with van der Waals surface area (Å²) >= 11 is 0. The fourth-order valence-corrected chi connectivity index (χ4v) is 4.88. The molecular formula is C33H33N3O. The van der Waals surface area contributed by atoms with Crippen LogP contribution in [-0.2, 0) is 16.8 Å². The normalized spacial score (nSPS) is 12.3. The number of benzene rings is 4. The molecule has 0 saturated carbocycles. The summed E-state index contributed by atoms with van der Waals surface area (Å²) in [6.45, 7) is 6.66. The lowest BCUT2D eigenvalue weighted by atomic mass is 9.82. The summed E-state index contributed by atoms with van der Waals surface area (Å²) in [5, 5.41) is 7.87. The first-order chi connectivity index (χ1) is 17.9. The fourth-order valence-electron chi connectivity index (χ4n) is 4.88. The van der Waals surface area contributed by atoms with E-state index in [2.05, 4.69) is 76.3 Å². The highest BCUT2D eigenvalue weighted by molar-refractivity contribution is 5.98. The predicted molar refractivity (Wildman–Crippen MR) is 154 cm³/mol. The predicted octanol–water partition coefficient (Wildman–Crippen LogP) is 7.60. The number of aromatic nitrogens is 1. The maximum Gasteiger partial charge on any atom is 0.230 e. The summed E-state index contributed by atoms with van der Waals surface area (Å²) in [4.78, 5) is 17.2. The van der Waals surface area contributed by atoms with E-state index in [0.717, 1.165) is 27.8 Å². The van der Waals surface area contributed by atoms with Gasteiger partial charge in [-0.05, 0) is 49.1 Å². The summed E-state index contributed by atoms with van der Waals surface area (Å²) in [6, 6.07) is 37.1. The third-order valence-corrected chi connectivity index (χ3v) is 7.08. The number of para-hydroxylation sites is 1. The molecule has 4 aromatic carbocycles. The number of amides is 1. The zero-order valence-electron chi connectivity index (χ0n) is 21.6. The van der Waals surface area contributed by atoms with Crippen molar-refractivity contribution >= 4 is 22.6 Å². The Labute approximate surface area is 218 Å². The van der Waals surface area contributed by atoms with Gasteiger partial charge in [0, 0.05) is 23.0 Å². The largest absolute Gasteiger partial charge is 0.367 e. The monoisotopic (exact) mass is 487 g/mol. The van der Waals surface area contributed by atoms with Gasteiger partial charge in [0.05, 0.1) is 11.5 Å². The summed E-state index contributed by atoms with van der Waals surface area (Å²) in [6.07, 6.45) is 0. The molecule has 0 aliphatic carbocycles. The smallest absolute Gasteiger partial charge is 0.230 e. The van der Waals surface area contributed by atoms with E-state index in [4.69, 9.17) is 0 Å². The molecule has 1 amide bonds. The molecule has 0 aliphatic rings. The van der Waals surface area contributed by atoms with Gasteiger partial charge in [-0.15, -0.1) is 0 Å². The lowest BCUT2D eigenvalue weighted by Crippen LogP contribution is -2.41. The van der Waals surface area contributed by atoms with Gasteiger partial charge in [0.2, 0.25) is 5.91 Å². The Kier molecular flexibility index (Phi) is 6.82. The Hall–Kier alpha value is -4.31. The van der Waals surface area contributed by atoms with Gasteiger partial charge in [-0.25, -0.2) is 0 Å². The molecule has 37 heavy (non-hydrogen) atoms. The standard InChI is InChI=1S/C33H33N3O/c1-23(25-12-6-4-7-13-25)35-32(37)33(2,3)30-28-16-10-11-17-29(28)36-31(30)34-22-24-18-20-27(21-19-24)26-14-8-5-9-15-26/h4-21,23,34,36H,22H2,1-3H3,(H,35,37). The molecule has 1 atom stereocenters. The van der Waals surface area contributed by atoms with Crippen molar-refractivity contribution in [1.82, 2.24) is 10.3 Å². The Morgan fingerprint density at radius 2 is 1.38 bits per heavy atom. The highest BCUT2D eigenvalue weighted by Gasteiger charge is 2.35. The van der Waals surface area contributed by atoms with Crippen molar-refractivity contribution in [3.05, 3.63) is 126 Å². The number of anilines is 1. The number of hydrogen-bond donors (Lipinski definition) is 3. The molecule has 5 aromatic rings. The van der Waals surface area contributed by atoms with Crippen LogP contribution in [0.3, 0.4) is 0 Å². The van der Waals surface area contributed by atoms with Crippen molar-refractivity contribution in [2.75, 3.05) is 5.32 Å². The molecule has 4 heteroatoms. The molecular weight excluding hydrogens is 454 g/mol. The maximum atomic E-state index is 13.6. The highest BCUT2D eigenvalue weighted by atomic mass is 16.2. The molecule has 0 spiro atoms. The van der Waals surface area contributed by atoms with E-state index in [9.17, 15) is 4.79 Å². The number of aromatic amines is 1. The average Bonchev–Trinajstić information content (AvgIpc) is 3.32. The molecule has 186 valence electrons. The number of carbonyl (C=O) groups excluding carboxylic acids is 1. The van der Waals surface area contributed by atoms with Crippen LogP contribution < -0.4 is 10.6 Å². The van der Waals surface area contributed by atoms with Crippen LogP contribution in [0.25, 0.3) is 22.0 Å². The minimum absolute atomic E-state index is 0.0103. The van der Waals surface area contributed by atoms with Crippen LogP contribution in [-0.4, -0.2) is 10.9 Å². The van der Waals surface area contributed by atoms with E-state index < -0.39 is 5.41 Å². The molecule has 0 radical (unpaired) electrons. The number of rotatable bonds is 8. The number of H-pyrrole nitrogens is 1. The maximum absolute atomic E-state index is 13.6. The zero-order chi connectivity index (χ0) is 25.8. The van der Waals surface area contributed by atoms with E-state index >= 15 is 0 Å². The molecule has 0 bridgehead atoms. The van der Waals surface area contributed by atoms with Crippen molar-refractivity contribution in [3.8, 4) is 11.1 Å². The molecule has 0 fully saturated rings. The Morgan fingerprint density at radius 3 is 2.08 bits per heavy atom. The second kappa shape index (κ2) is 10.4. The molecule has 1 heterocycles. The lowest BCUT2D eigenvalue weighted by Gasteiger charge is -2.27. The van der Waals surface area contributed by atoms with Crippen molar-refractivity contribution in [1.29, 1.82) is 0 Å². The van der Waals surface area contributed by atoms with E-state index in [-0.39, 0.29) is 11.9 Å². The lowest BCUT2D eigenvalue weighted by molar-refractivity contribution is -0.126. The number of hydrogen-bond acceptors (Lipinski definition) is 2. The van der Waals surface area contributed by atoms with E-state index in [1.807, 2.05) is 69.3 Å². The quantitative estimate of drug-likeness (QED) is 0.211. The van der Waals surface area contributed by atoms with Gasteiger partial charge in [0.25, 0.3) is 0 Å². The van der Waals surface area contributed by atoms with Crippen molar-refractivity contribution in [2.45, 2.75) is 38.8 Å². The first kappa shape index (κ1) is 24.4. The Bertz CT molecular complexity index is 1490. The van der Waals surface area contributed by atoms with Crippen LogP contribution in [0.5, 0.6) is 0 Å². The van der Waals surface area contributed by atoms with Crippen LogP contribution in [0.1, 0.15) is 43.5 Å². The molecule has 1 aromatic heterocycles. The Balaban J connectivity index is 1.39. The number of carbonyl (C=O) groups is 1. The number of nitrogens with one attached hydrogen (secondary N) is 3. The van der Waals surface area contributed by atoms with Crippen molar-refractivity contribution in [3.63, 3.8) is 0 Å². The zero-order valence-corrected chi connectivity index (χ0v) is 21.6. The van der Waals surface area contributed by atoms with Crippen LogP contribution in [0.15, 0.2) is 109 Å². The summed E-state index contributed by atoms with van der Waals surface area (Å²) in [5.41, 5.74) is 5.88. The van der Waals surface area contributed by atoms with Crippen LogP contribution in [0, 0.1) is 0 Å². The summed E-state index contributed by atoms with van der Waals surface area (Å²) in [7, 11) is 0. The van der Waals surface area contributed by atoms with Crippen molar-refractivity contribution in [2.24, 2.45) is 0 Å². The van der Waals surface area contributed by atoms with Gasteiger partial charge in [-0.2, -0.15) is 0 Å². The average molecular weight is 488 g/mol. The molecule has 0 saturated heterocycles. The molecule has 5 rings (SSSR count). The summed E-state index contributed by atoms with van der Waals surface area (Å²) < 4.78 is 0. The van der Waals surface area contributed by atoms with E-state index in [0.29, 0.717) is 6.54 Å². The summed E-state index contributed by atoms with van der Waals surface area (Å²) in [5.74, 6) is 0.865. The van der Waals surface area contributed by atoms with Gasteiger partial charge in [0.15, 0.2) is 0 Å². The third kappa shape index (κ3) is 5.14. The fraction of sp³-hybridized carbons (Fsp3) is 0.182. The minimum atomic E-state index is -0.762. The van der Waals surface area contributed by atoms with Gasteiger partial charge in [-0.3, -0.25) is 4.79 Å². The van der Waals surface area contributed by atoms with E-state index in [1.165, 1.54) is 16.7 Å². The van der Waals surface area contributed by atoms with Gasteiger partial charge < -0.3 is 15.6 Å². The SMILES string of the molecule is CC(NC(=O)C(C)(C)c1c(NCc2ccc(-c3ccccc3)cc2)[nH]c2ccccc12)c1ccccc1. The topological polar surface area (TPSA) is 56.9 Å². The molecule has 4 nitrogen and oxygen atoms in total. The highest BCUT2D eigenvalue weighted by Crippen LogP contribution is 2.37. The third-order valence-electron chi connectivity index (χ3n) is 7.08. The second-order valence-electron chi connectivity index (χ2n) is 10.1. The molecule has 3 N–H and O–H groups in total. The minimum Gasteiger partial charge on any atom is -0.367 e. The van der Waals surface area contributed by atoms with Crippen molar-refractivity contribution < 1.29 is 4.79 Å². The van der Waals surface area contributed by atoms with E-state index in [1.54, 1.807) is 0 Å². The molecule has 0 aliphatic heterocycles. The van der Waals surface area contributed by atoms with Crippen LogP contribution in [0.4, 0.5) is 5.82 Å². The number of fused-ring (bicyclic) bond motifs is 1. The van der Waals surface area contributed by atoms with Crippen LogP contribution in [0.2, 0.25) is 0 Å².